The van der Waals surface area contributed by atoms with Gasteiger partial charge in [-0.15, -0.1) is 0 Å². The summed E-state index contributed by atoms with van der Waals surface area (Å²) in [5.41, 5.74) is 2.18. The van der Waals surface area contributed by atoms with Crippen LogP contribution in [0.25, 0.3) is 0 Å². The minimum absolute atomic E-state index is 0. The van der Waals surface area contributed by atoms with Gasteiger partial charge in [-0.3, -0.25) is 5.32 Å². The minimum Gasteiger partial charge on any atom is -0.349 e. The van der Waals surface area contributed by atoms with Crippen molar-refractivity contribution in [3.8, 4) is 0 Å². The topological polar surface area (TPSA) is 52.5 Å². The van der Waals surface area contributed by atoms with Crippen molar-refractivity contribution in [1.29, 1.82) is 0 Å². The van der Waals surface area contributed by atoms with Gasteiger partial charge in [0.2, 0.25) is 0 Å². The van der Waals surface area contributed by atoms with E-state index in [0.29, 0.717) is 0 Å². The predicted octanol–water partition coefficient (Wildman–Crippen LogP) is 4.41. The van der Waals surface area contributed by atoms with Crippen LogP contribution in [-0.4, -0.2) is 15.6 Å². The van der Waals surface area contributed by atoms with Gasteiger partial charge in [0, 0.05) is 5.92 Å². The van der Waals surface area contributed by atoms with Crippen molar-refractivity contribution in [2.75, 3.05) is 0 Å². The Morgan fingerprint density at radius 2 is 1.03 bits per heavy atom. The second kappa shape index (κ2) is 13.5. The molecule has 0 aliphatic heterocycles. The van der Waals surface area contributed by atoms with E-state index in [1.807, 2.05) is 118 Å². The standard InChI is InChI=1S/C19H19NO2P.C5H5.Fe/c21-23(22)19(17-13-7-8-14-17)20-18(15-9-3-1-4-10-15)16-11-5-2-6-12-16;1-2-4-5-3-1;/h1-14,18-22H;1-5H;/q;;+2. The molecule has 0 bridgehead atoms. The van der Waals surface area contributed by atoms with Gasteiger partial charge in [-0.2, -0.15) is 0 Å². The van der Waals surface area contributed by atoms with Crippen molar-refractivity contribution in [2.45, 2.75) is 11.8 Å². The zero-order chi connectivity index (χ0) is 19.6. The summed E-state index contributed by atoms with van der Waals surface area (Å²) in [5.74, 6) is 0.392. The molecule has 2 aliphatic carbocycles. The first-order valence-corrected chi connectivity index (χ1v) is 10.5. The first kappa shape index (κ1) is 24.5. The van der Waals surface area contributed by atoms with E-state index in [-0.39, 0.29) is 23.1 Å². The molecule has 2 aromatic rings. The molecule has 1 unspecified atom stereocenters. The third-order valence-electron chi connectivity index (χ3n) is 4.38. The zero-order valence-electron chi connectivity index (χ0n) is 15.8. The molecule has 0 aromatic heterocycles. The van der Waals surface area contributed by atoms with Crippen LogP contribution in [0.2, 0.25) is 0 Å². The maximum atomic E-state index is 9.88. The van der Waals surface area contributed by atoms with Gasteiger partial charge < -0.3 is 9.79 Å². The number of benzene rings is 2. The molecule has 2 fully saturated rings. The summed E-state index contributed by atoms with van der Waals surface area (Å²) in [7, 11) is -2.14. The average Bonchev–Trinajstić information content (AvgIpc) is 3.47. The van der Waals surface area contributed by atoms with Crippen molar-refractivity contribution in [3.05, 3.63) is 135 Å². The fourth-order valence-corrected chi connectivity index (χ4v) is 3.74. The van der Waals surface area contributed by atoms with Crippen LogP contribution in [0.1, 0.15) is 17.2 Å². The molecule has 0 heterocycles. The smallest absolute Gasteiger partial charge is 0.349 e. The van der Waals surface area contributed by atoms with Crippen molar-refractivity contribution in [3.63, 3.8) is 0 Å². The van der Waals surface area contributed by atoms with Crippen molar-refractivity contribution >= 4 is 8.38 Å². The Bertz CT molecular complexity index is 614. The summed E-state index contributed by atoms with van der Waals surface area (Å²) in [6.45, 7) is 0. The maximum absolute atomic E-state index is 9.88. The van der Waals surface area contributed by atoms with Gasteiger partial charge >= 0.3 is 17.1 Å². The number of hydrogen-bond donors (Lipinski definition) is 3. The van der Waals surface area contributed by atoms with Crippen LogP contribution in [0, 0.1) is 63.7 Å². The van der Waals surface area contributed by atoms with Gasteiger partial charge in [-0.05, 0) is 68.9 Å². The molecule has 29 heavy (non-hydrogen) atoms. The second-order valence-corrected chi connectivity index (χ2v) is 7.48. The molecular weight excluding hydrogens is 421 g/mol. The summed E-state index contributed by atoms with van der Waals surface area (Å²) in [6, 6.07) is 20.0. The Kier molecular flexibility index (Phi) is 11.5. The van der Waals surface area contributed by atoms with E-state index in [1.165, 1.54) is 0 Å². The summed E-state index contributed by atoms with van der Waals surface area (Å²) < 4.78 is 0. The third-order valence-corrected chi connectivity index (χ3v) is 5.29. The monoisotopic (exact) mass is 445 g/mol. The normalized spacial score (nSPS) is 17.7. The van der Waals surface area contributed by atoms with Crippen molar-refractivity contribution < 1.29 is 26.9 Å². The van der Waals surface area contributed by atoms with Crippen LogP contribution >= 0.6 is 8.38 Å². The summed E-state index contributed by atoms with van der Waals surface area (Å²) in [5, 5.41) is 3.42. The Morgan fingerprint density at radius 1 is 0.621 bits per heavy atom. The van der Waals surface area contributed by atoms with Gasteiger partial charge in [-0.1, -0.05) is 60.7 Å². The van der Waals surface area contributed by atoms with Crippen LogP contribution in [0.4, 0.5) is 0 Å². The maximum Gasteiger partial charge on any atom is 2.00 e. The molecule has 5 heteroatoms. The van der Waals surface area contributed by atoms with Crippen LogP contribution in [0.5, 0.6) is 0 Å². The number of hydrogen-bond acceptors (Lipinski definition) is 3. The largest absolute Gasteiger partial charge is 2.00 e. The molecule has 3 N–H and O–H groups in total. The Morgan fingerprint density at radius 3 is 1.41 bits per heavy atom. The van der Waals surface area contributed by atoms with Gasteiger partial charge in [-0.25, -0.2) is 0 Å². The molecule has 2 saturated carbocycles. The van der Waals surface area contributed by atoms with Crippen LogP contribution < -0.4 is 5.32 Å². The van der Waals surface area contributed by atoms with Gasteiger partial charge in [0.25, 0.3) is 0 Å². The van der Waals surface area contributed by atoms with E-state index in [2.05, 4.69) is 5.32 Å². The van der Waals surface area contributed by atoms with Crippen molar-refractivity contribution in [2.24, 2.45) is 0 Å². The van der Waals surface area contributed by atoms with Gasteiger partial charge in [0.05, 0.1) is 11.8 Å². The minimum atomic E-state index is -2.14. The van der Waals surface area contributed by atoms with E-state index in [4.69, 9.17) is 0 Å². The molecule has 1 atom stereocenters. The molecule has 0 amide bonds. The fourth-order valence-electron chi connectivity index (χ4n) is 3.02. The molecule has 2 aromatic carbocycles. The molecule has 0 saturated heterocycles. The SMILES string of the molecule is OP(O)C(NC(c1ccccc1)c1ccccc1)[C]1[CH][CH][CH][CH]1.[CH]1[CH][CH][CH][CH]1.[Fe+2]. The van der Waals surface area contributed by atoms with E-state index >= 15 is 0 Å². The van der Waals surface area contributed by atoms with Gasteiger partial charge in [0.1, 0.15) is 0 Å². The van der Waals surface area contributed by atoms with E-state index in [0.717, 1.165) is 17.0 Å². The fraction of sp³-hybridized carbons (Fsp3) is 0.0833. The molecule has 148 valence electrons. The quantitative estimate of drug-likeness (QED) is 0.456. The van der Waals surface area contributed by atoms with E-state index < -0.39 is 14.2 Å². The zero-order valence-corrected chi connectivity index (χ0v) is 17.8. The third kappa shape index (κ3) is 7.79. The molecule has 4 rings (SSSR count). The second-order valence-electron chi connectivity index (χ2n) is 6.32. The summed E-state index contributed by atoms with van der Waals surface area (Å²) in [6.07, 6.45) is 17.6. The van der Waals surface area contributed by atoms with E-state index in [9.17, 15) is 9.79 Å². The van der Waals surface area contributed by atoms with Crippen molar-refractivity contribution in [1.82, 2.24) is 5.32 Å². The first-order valence-electron chi connectivity index (χ1n) is 9.17. The van der Waals surface area contributed by atoms with Crippen LogP contribution in [-0.2, 0) is 17.1 Å². The van der Waals surface area contributed by atoms with Crippen LogP contribution in [0.3, 0.4) is 0 Å². The Balaban J connectivity index is 0.000000437. The van der Waals surface area contributed by atoms with E-state index in [1.54, 1.807) is 0 Å². The number of nitrogens with one attached hydrogen (secondary N) is 1. The molecular formula is C24H24FeNO2P+2. The summed E-state index contributed by atoms with van der Waals surface area (Å²) >= 11 is 0. The molecule has 10 radical (unpaired) electrons. The summed E-state index contributed by atoms with van der Waals surface area (Å²) in [4.78, 5) is 19.8. The van der Waals surface area contributed by atoms with Crippen LogP contribution in [0.15, 0.2) is 60.7 Å². The first-order chi connectivity index (χ1) is 13.8. The average molecular weight is 445 g/mol. The molecule has 3 nitrogen and oxygen atoms in total. The Hall–Kier alpha value is -0.731. The van der Waals surface area contributed by atoms with Gasteiger partial charge in [0.15, 0.2) is 8.38 Å². The predicted molar refractivity (Wildman–Crippen MR) is 115 cm³/mol. The Labute approximate surface area is 187 Å². The number of rotatable bonds is 6. The molecule has 0 spiro atoms. The molecule has 2 aliphatic rings.